The lowest BCUT2D eigenvalue weighted by atomic mass is 9.94. The molecule has 0 saturated heterocycles. The van der Waals surface area contributed by atoms with Gasteiger partial charge in [-0.3, -0.25) is 9.59 Å². The molecule has 5 rings (SSSR count). The predicted octanol–water partition coefficient (Wildman–Crippen LogP) is 4.64. The van der Waals surface area contributed by atoms with Crippen LogP contribution in [0.4, 0.5) is 0 Å². The third-order valence-corrected chi connectivity index (χ3v) is 5.01. The van der Waals surface area contributed by atoms with Gasteiger partial charge in [-0.2, -0.15) is 0 Å². The fourth-order valence-corrected chi connectivity index (χ4v) is 3.45. The molecule has 0 fully saturated rings. The fraction of sp³-hybridized carbons (Fsp3) is 0.167. The highest BCUT2D eigenvalue weighted by Gasteiger charge is 2.19. The molecule has 0 radical (unpaired) electrons. The molecule has 0 heterocycles. The van der Waals surface area contributed by atoms with Crippen LogP contribution in [0.15, 0.2) is 72.8 Å². The van der Waals surface area contributed by atoms with Crippen LogP contribution < -0.4 is 0 Å². The molecular formula is C24H20O2. The first-order valence-corrected chi connectivity index (χ1v) is 9.04. The van der Waals surface area contributed by atoms with Gasteiger partial charge < -0.3 is 0 Å². The molecule has 2 aliphatic carbocycles. The van der Waals surface area contributed by atoms with Gasteiger partial charge in [-0.15, -0.1) is 0 Å². The lowest BCUT2D eigenvalue weighted by Crippen LogP contribution is -2.15. The molecule has 6 bridgehead atoms. The SMILES string of the molecule is O=C1C(=O)c2cccc(c2)CCc2ccc(cc2)CCc2cccc1c2. The van der Waals surface area contributed by atoms with E-state index in [9.17, 15) is 9.59 Å². The maximum atomic E-state index is 12.7. The first-order valence-electron chi connectivity index (χ1n) is 9.04. The minimum atomic E-state index is -0.431. The van der Waals surface area contributed by atoms with Gasteiger partial charge in [-0.25, -0.2) is 0 Å². The normalized spacial score (nSPS) is 14.5. The van der Waals surface area contributed by atoms with Crippen molar-refractivity contribution in [2.24, 2.45) is 0 Å². The van der Waals surface area contributed by atoms with Crippen molar-refractivity contribution in [3.05, 3.63) is 106 Å². The molecule has 2 aliphatic rings. The van der Waals surface area contributed by atoms with Crippen LogP contribution in [0.3, 0.4) is 0 Å². The molecule has 0 atom stereocenters. The molecule has 3 aromatic carbocycles. The second-order valence-corrected chi connectivity index (χ2v) is 6.88. The van der Waals surface area contributed by atoms with E-state index < -0.39 is 11.6 Å². The lowest BCUT2D eigenvalue weighted by Gasteiger charge is -2.09. The van der Waals surface area contributed by atoms with Crippen molar-refractivity contribution in [1.29, 1.82) is 0 Å². The van der Waals surface area contributed by atoms with E-state index in [0.717, 1.165) is 36.8 Å². The maximum Gasteiger partial charge on any atom is 0.233 e. The zero-order valence-corrected chi connectivity index (χ0v) is 14.6. The average Bonchev–Trinajstić information content (AvgIpc) is 2.70. The Morgan fingerprint density at radius 3 is 1.27 bits per heavy atom. The Morgan fingerprint density at radius 2 is 0.846 bits per heavy atom. The van der Waals surface area contributed by atoms with Crippen LogP contribution >= 0.6 is 0 Å². The van der Waals surface area contributed by atoms with E-state index in [1.807, 2.05) is 36.4 Å². The van der Waals surface area contributed by atoms with Crippen LogP contribution in [0, 0.1) is 0 Å². The summed E-state index contributed by atoms with van der Waals surface area (Å²) in [5.74, 6) is -0.862. The summed E-state index contributed by atoms with van der Waals surface area (Å²) >= 11 is 0. The zero-order valence-electron chi connectivity index (χ0n) is 14.6. The van der Waals surface area contributed by atoms with Crippen molar-refractivity contribution in [1.82, 2.24) is 0 Å². The summed E-state index contributed by atoms with van der Waals surface area (Å²) in [6.07, 6.45) is 3.55. The number of hydrogen-bond acceptors (Lipinski definition) is 2. The van der Waals surface area contributed by atoms with E-state index in [4.69, 9.17) is 0 Å². The summed E-state index contributed by atoms with van der Waals surface area (Å²) in [7, 11) is 0. The Morgan fingerprint density at radius 1 is 0.462 bits per heavy atom. The minimum Gasteiger partial charge on any atom is -0.285 e. The van der Waals surface area contributed by atoms with Crippen LogP contribution in [0.5, 0.6) is 0 Å². The first kappa shape index (κ1) is 16.5. The number of rotatable bonds is 0. The molecule has 128 valence electrons. The van der Waals surface area contributed by atoms with Crippen LogP contribution in [-0.4, -0.2) is 11.6 Å². The Hall–Kier alpha value is -3.00. The topological polar surface area (TPSA) is 34.1 Å². The predicted molar refractivity (Wildman–Crippen MR) is 103 cm³/mol. The van der Waals surface area contributed by atoms with Crippen LogP contribution in [0.2, 0.25) is 0 Å². The van der Waals surface area contributed by atoms with Crippen LogP contribution in [0.25, 0.3) is 0 Å². The summed E-state index contributed by atoms with van der Waals surface area (Å²) in [6, 6.07) is 23.7. The third kappa shape index (κ3) is 3.50. The molecule has 26 heavy (non-hydrogen) atoms. The van der Waals surface area contributed by atoms with Gasteiger partial charge in [-0.1, -0.05) is 60.7 Å². The van der Waals surface area contributed by atoms with Gasteiger partial charge in [0.2, 0.25) is 11.6 Å². The van der Waals surface area contributed by atoms with Gasteiger partial charge in [0.25, 0.3) is 0 Å². The molecule has 0 N–H and O–H groups in total. The zero-order chi connectivity index (χ0) is 17.9. The summed E-state index contributed by atoms with van der Waals surface area (Å²) in [5, 5.41) is 0. The van der Waals surface area contributed by atoms with E-state index >= 15 is 0 Å². The van der Waals surface area contributed by atoms with Gasteiger partial charge in [0.15, 0.2) is 0 Å². The van der Waals surface area contributed by atoms with E-state index in [-0.39, 0.29) is 0 Å². The number of carbonyl (C=O) groups is 2. The summed E-state index contributed by atoms with van der Waals surface area (Å²) < 4.78 is 0. The van der Waals surface area contributed by atoms with Crippen molar-refractivity contribution in [3.63, 3.8) is 0 Å². The Balaban J connectivity index is 1.76. The molecular weight excluding hydrogens is 320 g/mol. The number of aryl methyl sites for hydroxylation is 4. The van der Waals surface area contributed by atoms with E-state index in [0.29, 0.717) is 11.1 Å². The van der Waals surface area contributed by atoms with Gasteiger partial charge >= 0.3 is 0 Å². The highest BCUT2D eigenvalue weighted by atomic mass is 16.2. The smallest absolute Gasteiger partial charge is 0.233 e. The first-order chi connectivity index (χ1) is 12.7. The molecule has 0 saturated carbocycles. The number of ketones is 2. The fourth-order valence-electron chi connectivity index (χ4n) is 3.45. The molecule has 0 amide bonds. The molecule has 2 nitrogen and oxygen atoms in total. The Kier molecular flexibility index (Phi) is 4.49. The lowest BCUT2D eigenvalue weighted by molar-refractivity contribution is 0.0817. The molecule has 2 heteroatoms. The highest BCUT2D eigenvalue weighted by Crippen LogP contribution is 2.17. The molecule has 0 spiro atoms. The third-order valence-electron chi connectivity index (χ3n) is 5.01. The molecule has 0 unspecified atom stereocenters. The van der Waals surface area contributed by atoms with Crippen LogP contribution in [-0.2, 0) is 25.7 Å². The summed E-state index contributed by atoms with van der Waals surface area (Å²) in [4.78, 5) is 25.3. The maximum absolute atomic E-state index is 12.7. The quantitative estimate of drug-likeness (QED) is 0.559. The van der Waals surface area contributed by atoms with E-state index in [2.05, 4.69) is 24.3 Å². The van der Waals surface area contributed by atoms with Crippen molar-refractivity contribution < 1.29 is 9.59 Å². The molecule has 0 aliphatic heterocycles. The van der Waals surface area contributed by atoms with Gasteiger partial charge in [-0.05, 0) is 60.1 Å². The number of carbonyl (C=O) groups excluding carboxylic acids is 2. The second kappa shape index (κ2) is 7.09. The standard InChI is InChI=1S/C24H20O2/c25-23-21-5-1-3-19(15-21)13-11-17-7-9-18(10-8-17)12-14-20-4-2-6-22(16-20)24(23)26/h1-10,15-16H,11-14H2. The molecule has 0 aromatic heterocycles. The van der Waals surface area contributed by atoms with Crippen molar-refractivity contribution in [3.8, 4) is 0 Å². The van der Waals surface area contributed by atoms with Crippen molar-refractivity contribution in [2.45, 2.75) is 25.7 Å². The van der Waals surface area contributed by atoms with Crippen molar-refractivity contribution >= 4 is 11.6 Å². The number of hydrogen-bond donors (Lipinski definition) is 0. The largest absolute Gasteiger partial charge is 0.285 e. The highest BCUT2D eigenvalue weighted by molar-refractivity contribution is 6.49. The number of Topliss-reactive ketones (excluding diaryl/α,β-unsaturated/α-hetero) is 2. The Bertz CT molecular complexity index is 887. The minimum absolute atomic E-state index is 0.431. The van der Waals surface area contributed by atoms with Gasteiger partial charge in [0.05, 0.1) is 0 Å². The summed E-state index contributed by atoms with van der Waals surface area (Å²) in [5.41, 5.74) is 5.68. The van der Waals surface area contributed by atoms with Gasteiger partial charge in [0, 0.05) is 11.1 Å². The second-order valence-electron chi connectivity index (χ2n) is 6.88. The van der Waals surface area contributed by atoms with E-state index in [1.165, 1.54) is 11.1 Å². The van der Waals surface area contributed by atoms with Gasteiger partial charge in [0.1, 0.15) is 0 Å². The van der Waals surface area contributed by atoms with Crippen LogP contribution in [0.1, 0.15) is 43.0 Å². The monoisotopic (exact) mass is 340 g/mol. The summed E-state index contributed by atoms with van der Waals surface area (Å²) in [6.45, 7) is 0. The molecule has 3 aromatic rings. The average molecular weight is 340 g/mol. The number of benzene rings is 3. The number of fused-ring (bicyclic) bond motifs is 5. The Labute approximate surface area is 153 Å². The van der Waals surface area contributed by atoms with Crippen molar-refractivity contribution in [2.75, 3.05) is 0 Å². The van der Waals surface area contributed by atoms with E-state index in [1.54, 1.807) is 12.1 Å².